The van der Waals surface area contributed by atoms with Crippen molar-refractivity contribution in [3.63, 3.8) is 0 Å². The van der Waals surface area contributed by atoms with Crippen molar-refractivity contribution in [2.75, 3.05) is 0 Å². The van der Waals surface area contributed by atoms with Crippen LogP contribution in [0.5, 0.6) is 0 Å². The van der Waals surface area contributed by atoms with Crippen molar-refractivity contribution in [3.8, 4) is 0 Å². The molecule has 0 aliphatic carbocycles. The zero-order chi connectivity index (χ0) is 18.8. The van der Waals surface area contributed by atoms with E-state index in [1.54, 1.807) is 0 Å². The van der Waals surface area contributed by atoms with E-state index in [1.807, 2.05) is 0 Å². The first-order valence-corrected chi connectivity index (χ1v) is 12.2. The minimum atomic E-state index is -4.85. The predicted molar refractivity (Wildman–Crippen MR) is 102 cm³/mol. The van der Waals surface area contributed by atoms with Crippen LogP contribution in [0.15, 0.2) is 0 Å². The summed E-state index contributed by atoms with van der Waals surface area (Å²) in [7, 11) is -4.85. The molecule has 1 unspecified atom stereocenters. The van der Waals surface area contributed by atoms with Crippen LogP contribution in [-0.4, -0.2) is 6.10 Å². The van der Waals surface area contributed by atoms with Crippen molar-refractivity contribution < 1.29 is 122 Å². The van der Waals surface area contributed by atoms with Crippen molar-refractivity contribution in [1.82, 2.24) is 0 Å². The smallest absolute Gasteiger partial charge is 0.790 e. The summed E-state index contributed by atoms with van der Waals surface area (Å²) in [6.45, 7) is 4.31. The van der Waals surface area contributed by atoms with E-state index in [2.05, 4.69) is 13.8 Å². The van der Waals surface area contributed by atoms with Gasteiger partial charge >= 0.3 is 103 Å². The number of phosphoric ester groups is 1. The Balaban J connectivity index is -0.00000288. The van der Waals surface area contributed by atoms with Crippen LogP contribution in [0.1, 0.15) is 123 Å². The molecule has 0 rings (SSSR count). The molecule has 27 heavy (non-hydrogen) atoms. The Hall–Kier alpha value is 3.38. The summed E-state index contributed by atoms with van der Waals surface area (Å²) in [5.74, 6) is 0. The second-order valence-electron chi connectivity index (χ2n) is 7.35. The normalized spacial score (nSPS) is 12.3. The van der Waals surface area contributed by atoms with E-state index in [0.717, 1.165) is 25.7 Å². The van der Waals surface area contributed by atoms with Crippen molar-refractivity contribution >= 4 is 7.82 Å². The molecule has 0 spiro atoms. The van der Waals surface area contributed by atoms with Crippen LogP contribution in [0.25, 0.3) is 0 Å². The first kappa shape index (κ1) is 35.0. The van der Waals surface area contributed by atoms with E-state index in [9.17, 15) is 14.4 Å². The molecule has 0 aliphatic rings. The first-order valence-electron chi connectivity index (χ1n) is 10.7. The summed E-state index contributed by atoms with van der Waals surface area (Å²) in [5, 5.41) is 0. The summed E-state index contributed by atoms with van der Waals surface area (Å²) in [5.41, 5.74) is 0. The van der Waals surface area contributed by atoms with Gasteiger partial charge in [0.05, 0.1) is 13.9 Å². The van der Waals surface area contributed by atoms with Crippen LogP contribution < -0.4 is 113 Å². The Morgan fingerprint density at radius 3 is 1.33 bits per heavy atom. The molecular weight excluding hydrogens is 413 g/mol. The zero-order valence-corrected chi connectivity index (χ0v) is 25.8. The Labute approximate surface area is 254 Å². The maximum atomic E-state index is 10.8. The van der Waals surface area contributed by atoms with Gasteiger partial charge in [-0.2, -0.15) is 0 Å². The fraction of sp³-hybridized carbons (Fsp3) is 1.00. The number of unbranched alkanes of at least 4 members (excludes halogenated alkanes) is 13. The molecule has 0 aromatic carbocycles. The van der Waals surface area contributed by atoms with Crippen LogP contribution in [0, 0.1) is 0 Å². The zero-order valence-electron chi connectivity index (χ0n) is 18.7. The number of hydrogen-bond acceptors (Lipinski definition) is 4. The molecule has 0 N–H and O–H groups in total. The molecule has 0 aromatic rings. The fourth-order valence-corrected chi connectivity index (χ4v) is 3.83. The molecule has 152 valence electrons. The number of phosphoric acid groups is 1. The average Bonchev–Trinajstić information content (AvgIpc) is 2.55. The van der Waals surface area contributed by atoms with E-state index in [-0.39, 0.29) is 103 Å². The minimum Gasteiger partial charge on any atom is -0.790 e. The van der Waals surface area contributed by atoms with Gasteiger partial charge in [-0.25, -0.2) is 0 Å². The van der Waals surface area contributed by atoms with Crippen molar-refractivity contribution in [2.24, 2.45) is 0 Å². The summed E-state index contributed by atoms with van der Waals surface area (Å²) in [4.78, 5) is 21.6. The summed E-state index contributed by atoms with van der Waals surface area (Å²) in [6.07, 6.45) is 19.6. The third-order valence-electron chi connectivity index (χ3n) is 4.79. The van der Waals surface area contributed by atoms with Crippen LogP contribution in [-0.2, 0) is 9.09 Å². The van der Waals surface area contributed by atoms with Gasteiger partial charge < -0.3 is 18.9 Å². The Morgan fingerprint density at radius 2 is 0.963 bits per heavy atom. The van der Waals surface area contributed by atoms with Crippen LogP contribution in [0.3, 0.4) is 0 Å². The van der Waals surface area contributed by atoms with E-state index >= 15 is 0 Å². The molecule has 0 amide bonds. The summed E-state index contributed by atoms with van der Waals surface area (Å²) < 4.78 is 15.5. The molecule has 0 saturated carbocycles. The molecule has 0 heterocycles. The summed E-state index contributed by atoms with van der Waals surface area (Å²) in [6, 6.07) is 0. The monoisotopic (exact) mass is 454 g/mol. The second kappa shape index (κ2) is 25.6. The number of hydrogen-bond donors (Lipinski definition) is 0. The van der Waals surface area contributed by atoms with Gasteiger partial charge in [-0.15, -0.1) is 0 Å². The van der Waals surface area contributed by atoms with E-state index in [4.69, 9.17) is 4.52 Å². The third-order valence-corrected chi connectivity index (χ3v) is 5.34. The quantitative estimate of drug-likeness (QED) is 0.155. The molecular formula is C20H41K2O4P. The standard InChI is InChI=1S/C20H43O4P.2K/c1-3-5-7-8-9-10-11-12-13-14-15-16-17-19-20(18-6-4-2)24-25(21,22)23;;/h20H,3-19H2,1-2H3,(H2,21,22,23);;/q;2*+1/p-2. The molecule has 4 nitrogen and oxygen atoms in total. The van der Waals surface area contributed by atoms with Gasteiger partial charge in [0.2, 0.25) is 0 Å². The van der Waals surface area contributed by atoms with E-state index in [1.165, 1.54) is 70.6 Å². The first-order chi connectivity index (χ1) is 12.0. The molecule has 0 bridgehead atoms. The predicted octanol–water partition coefficient (Wildman–Crippen LogP) is -0.120. The van der Waals surface area contributed by atoms with Gasteiger partial charge in [0, 0.05) is 0 Å². The molecule has 0 radical (unpaired) electrons. The molecule has 7 heteroatoms. The van der Waals surface area contributed by atoms with E-state index < -0.39 is 13.9 Å². The van der Waals surface area contributed by atoms with Crippen molar-refractivity contribution in [1.29, 1.82) is 0 Å². The largest absolute Gasteiger partial charge is 1.00 e. The maximum Gasteiger partial charge on any atom is 1.00 e. The van der Waals surface area contributed by atoms with Crippen molar-refractivity contribution in [2.45, 2.75) is 129 Å². The SMILES string of the molecule is CCCCCCCCCCCCCCCC(CCCC)OP(=O)([O-])[O-].[K+].[K+]. The third kappa shape index (κ3) is 29.4. The summed E-state index contributed by atoms with van der Waals surface area (Å²) >= 11 is 0. The van der Waals surface area contributed by atoms with Gasteiger partial charge in [0.1, 0.15) is 0 Å². The molecule has 0 fully saturated rings. The Kier molecular flexibility index (Phi) is 33.2. The van der Waals surface area contributed by atoms with Crippen LogP contribution in [0.4, 0.5) is 0 Å². The van der Waals surface area contributed by atoms with Crippen LogP contribution >= 0.6 is 7.82 Å². The topological polar surface area (TPSA) is 72.4 Å². The van der Waals surface area contributed by atoms with Gasteiger partial charge in [0.25, 0.3) is 0 Å². The Morgan fingerprint density at radius 1 is 0.630 bits per heavy atom. The fourth-order valence-electron chi connectivity index (χ4n) is 3.25. The molecule has 1 atom stereocenters. The number of rotatable bonds is 19. The molecule has 0 aliphatic heterocycles. The van der Waals surface area contributed by atoms with Crippen LogP contribution in [0.2, 0.25) is 0 Å². The average molecular weight is 455 g/mol. The maximum absolute atomic E-state index is 10.8. The van der Waals surface area contributed by atoms with Gasteiger partial charge in [-0.05, 0) is 12.8 Å². The van der Waals surface area contributed by atoms with E-state index in [0.29, 0.717) is 12.8 Å². The Bertz CT molecular complexity index is 327. The molecule has 0 aromatic heterocycles. The van der Waals surface area contributed by atoms with Gasteiger partial charge in [-0.1, -0.05) is 110 Å². The van der Waals surface area contributed by atoms with Gasteiger partial charge in [0.15, 0.2) is 0 Å². The molecule has 0 saturated heterocycles. The second-order valence-corrected chi connectivity index (χ2v) is 8.45. The van der Waals surface area contributed by atoms with Crippen molar-refractivity contribution in [3.05, 3.63) is 0 Å². The van der Waals surface area contributed by atoms with Gasteiger partial charge in [-0.3, -0.25) is 0 Å². The minimum absolute atomic E-state index is 0.